The van der Waals surface area contributed by atoms with E-state index < -0.39 is 23.9 Å². The molecule has 316 valence electrons. The lowest BCUT2D eigenvalue weighted by atomic mass is 10.2. The van der Waals surface area contributed by atoms with Gasteiger partial charge in [-0.05, 0) is 118 Å². The molecule has 0 aliphatic heterocycles. The van der Waals surface area contributed by atoms with Crippen LogP contribution in [0.4, 0.5) is 5.82 Å². The van der Waals surface area contributed by atoms with Crippen LogP contribution in [-0.2, 0) is 19.1 Å². The number of nitrogens with zero attached hydrogens (tertiary/aromatic N) is 3. The zero-order chi connectivity index (χ0) is 43.1. The van der Waals surface area contributed by atoms with Crippen molar-refractivity contribution < 1.29 is 47.6 Å². The number of benzene rings is 4. The third-order valence-electron chi connectivity index (χ3n) is 8.96. The molecule has 0 saturated heterocycles. The number of carbonyl (C=O) groups is 4. The molecule has 61 heavy (non-hydrogen) atoms. The van der Waals surface area contributed by atoms with Gasteiger partial charge in [0.2, 0.25) is 0 Å². The number of nitrogens with one attached hydrogen (secondary N) is 1. The van der Waals surface area contributed by atoms with Crippen LogP contribution in [0, 0.1) is 0 Å². The number of carbonyl (C=O) groups excluding carboxylic acids is 4. The Labute approximate surface area is 354 Å². The fourth-order valence-electron chi connectivity index (χ4n) is 5.72. The van der Waals surface area contributed by atoms with Gasteiger partial charge in [0.05, 0.1) is 50.0 Å². The lowest BCUT2D eigenvalue weighted by Crippen LogP contribution is -2.11. The zero-order valence-electron chi connectivity index (χ0n) is 33.8. The van der Waals surface area contributed by atoms with E-state index in [1.807, 2.05) is 24.3 Å². The number of ether oxygens (including phenoxy) is 6. The number of rotatable bonds is 25. The van der Waals surface area contributed by atoms with Gasteiger partial charge in [0.25, 0.3) is 0 Å². The summed E-state index contributed by atoms with van der Waals surface area (Å²) in [6.07, 6.45) is 12.2. The van der Waals surface area contributed by atoms with Gasteiger partial charge < -0.3 is 28.4 Å². The first-order valence-electron chi connectivity index (χ1n) is 19.9. The van der Waals surface area contributed by atoms with Crippen LogP contribution >= 0.6 is 0 Å². The van der Waals surface area contributed by atoms with Gasteiger partial charge in [-0.1, -0.05) is 37.4 Å². The molecule has 5 rings (SSSR count). The van der Waals surface area contributed by atoms with Crippen molar-refractivity contribution in [3.8, 4) is 23.0 Å². The number of hydrazone groups is 1. The van der Waals surface area contributed by atoms with Crippen molar-refractivity contribution in [1.29, 1.82) is 0 Å². The Bertz CT molecular complexity index is 2270. The zero-order valence-corrected chi connectivity index (χ0v) is 33.8. The highest BCUT2D eigenvalue weighted by atomic mass is 16.5. The Morgan fingerprint density at radius 3 is 1.70 bits per heavy atom. The predicted molar refractivity (Wildman–Crippen MR) is 230 cm³/mol. The molecular weight excluding hydrogens is 781 g/mol. The number of hydrogen-bond donors (Lipinski definition) is 1. The fraction of sp³-hybridized carbons (Fsp3) is 0.255. The molecule has 14 heteroatoms. The summed E-state index contributed by atoms with van der Waals surface area (Å²) in [7, 11) is 0. The SMILES string of the molecule is C=CC(=O)OCCCCCCOc1ccc(C(=O)Oc2ccc(OC(=O)c3ccc(OCCCCCCOC(=O)C=C)cc3)c(/C=N/Nc3nncc4ccccc34)c2)cc1. The van der Waals surface area contributed by atoms with Crippen molar-refractivity contribution in [2.24, 2.45) is 5.10 Å². The third kappa shape index (κ3) is 15.1. The molecule has 5 aromatic rings. The maximum absolute atomic E-state index is 13.3. The number of anilines is 1. The molecule has 1 aromatic heterocycles. The van der Waals surface area contributed by atoms with Crippen molar-refractivity contribution >= 4 is 46.7 Å². The number of fused-ring (bicyclic) bond motifs is 1. The second-order valence-electron chi connectivity index (χ2n) is 13.4. The van der Waals surface area contributed by atoms with Crippen molar-refractivity contribution in [2.45, 2.75) is 51.4 Å². The van der Waals surface area contributed by atoms with Crippen LogP contribution in [0.1, 0.15) is 77.6 Å². The smallest absolute Gasteiger partial charge is 0.343 e. The average Bonchev–Trinajstić information content (AvgIpc) is 3.29. The second kappa shape index (κ2) is 24.5. The summed E-state index contributed by atoms with van der Waals surface area (Å²) in [6.45, 7) is 8.48. The van der Waals surface area contributed by atoms with Gasteiger partial charge in [-0.2, -0.15) is 10.2 Å². The standard InChI is InChI=1S/C47H48N4O10/c1-3-43(52)58-29-13-7-5-11-27-56-38-21-17-34(18-22-38)46(54)60-40-25-26-42(37(31-40)33-49-51-45-41-16-10-9-15-36(41)32-48-50-45)61-47(55)35-19-23-39(24-20-35)57-28-12-6-8-14-30-59-44(53)4-2/h3-4,9-10,15-26,31-33H,1-2,5-8,11-14,27-30H2,(H,50,51)/b49-33+. The highest BCUT2D eigenvalue weighted by Crippen LogP contribution is 2.26. The third-order valence-corrected chi connectivity index (χ3v) is 8.96. The molecular formula is C47H48N4O10. The van der Waals surface area contributed by atoms with E-state index in [-0.39, 0.29) is 11.5 Å². The van der Waals surface area contributed by atoms with Gasteiger partial charge in [-0.3, -0.25) is 5.43 Å². The second-order valence-corrected chi connectivity index (χ2v) is 13.4. The normalized spacial score (nSPS) is 10.8. The van der Waals surface area contributed by atoms with Crippen LogP contribution in [0.2, 0.25) is 0 Å². The fourth-order valence-corrected chi connectivity index (χ4v) is 5.72. The molecule has 4 aromatic carbocycles. The number of hydrogen-bond acceptors (Lipinski definition) is 14. The van der Waals surface area contributed by atoms with Crippen molar-refractivity contribution in [2.75, 3.05) is 31.9 Å². The van der Waals surface area contributed by atoms with E-state index in [0.29, 0.717) is 60.4 Å². The van der Waals surface area contributed by atoms with E-state index in [1.54, 1.807) is 54.7 Å². The van der Waals surface area contributed by atoms with Crippen molar-refractivity contribution in [3.63, 3.8) is 0 Å². The quantitative estimate of drug-likeness (QED) is 0.0148. The van der Waals surface area contributed by atoms with E-state index >= 15 is 0 Å². The molecule has 0 radical (unpaired) electrons. The topological polar surface area (TPSA) is 174 Å². The van der Waals surface area contributed by atoms with E-state index in [9.17, 15) is 19.2 Å². The monoisotopic (exact) mass is 828 g/mol. The van der Waals surface area contributed by atoms with Crippen LogP contribution < -0.4 is 24.4 Å². The largest absolute Gasteiger partial charge is 0.494 e. The maximum Gasteiger partial charge on any atom is 0.343 e. The Hall–Kier alpha value is -7.35. The average molecular weight is 829 g/mol. The number of aromatic nitrogens is 2. The number of esters is 4. The molecule has 0 atom stereocenters. The van der Waals surface area contributed by atoms with Crippen LogP contribution in [0.25, 0.3) is 10.8 Å². The Morgan fingerprint density at radius 2 is 1.13 bits per heavy atom. The van der Waals surface area contributed by atoms with Crippen LogP contribution in [0.15, 0.2) is 128 Å². The minimum absolute atomic E-state index is 0.163. The molecule has 1 heterocycles. The first-order valence-corrected chi connectivity index (χ1v) is 19.9. The van der Waals surface area contributed by atoms with Crippen LogP contribution in [0.5, 0.6) is 23.0 Å². The van der Waals surface area contributed by atoms with Crippen LogP contribution in [-0.4, -0.2) is 66.7 Å². The summed E-state index contributed by atoms with van der Waals surface area (Å²) in [5.41, 5.74) is 3.83. The van der Waals surface area contributed by atoms with E-state index in [1.165, 1.54) is 24.4 Å². The lowest BCUT2D eigenvalue weighted by Gasteiger charge is -2.11. The Morgan fingerprint density at radius 1 is 0.607 bits per heavy atom. The summed E-state index contributed by atoms with van der Waals surface area (Å²) >= 11 is 0. The lowest BCUT2D eigenvalue weighted by molar-refractivity contribution is -0.138. The summed E-state index contributed by atoms with van der Waals surface area (Å²) < 4.78 is 33.1. The molecule has 0 spiro atoms. The van der Waals surface area contributed by atoms with E-state index in [4.69, 9.17) is 28.4 Å². The van der Waals surface area contributed by atoms with Gasteiger partial charge in [0, 0.05) is 28.5 Å². The van der Waals surface area contributed by atoms with Gasteiger partial charge in [-0.25, -0.2) is 19.2 Å². The Kier molecular flexibility index (Phi) is 18.0. The molecule has 0 fully saturated rings. The summed E-state index contributed by atoms with van der Waals surface area (Å²) in [5, 5.41) is 14.2. The summed E-state index contributed by atoms with van der Waals surface area (Å²) in [5.74, 6) is -0.0753. The minimum Gasteiger partial charge on any atom is -0.494 e. The Balaban J connectivity index is 1.17. The highest BCUT2D eigenvalue weighted by molar-refractivity contribution is 5.95. The molecule has 0 aliphatic rings. The van der Waals surface area contributed by atoms with Gasteiger partial charge in [0.15, 0.2) is 5.82 Å². The van der Waals surface area contributed by atoms with Gasteiger partial charge in [-0.15, -0.1) is 5.10 Å². The molecule has 0 amide bonds. The summed E-state index contributed by atoms with van der Waals surface area (Å²) in [4.78, 5) is 48.7. The number of unbranched alkanes of at least 4 members (excludes halogenated alkanes) is 6. The van der Waals surface area contributed by atoms with Gasteiger partial charge in [0.1, 0.15) is 23.0 Å². The van der Waals surface area contributed by atoms with Crippen molar-refractivity contribution in [3.05, 3.63) is 139 Å². The molecule has 0 bridgehead atoms. The van der Waals surface area contributed by atoms with Gasteiger partial charge >= 0.3 is 23.9 Å². The molecule has 0 unspecified atom stereocenters. The maximum atomic E-state index is 13.3. The molecule has 0 aliphatic carbocycles. The minimum atomic E-state index is -0.621. The van der Waals surface area contributed by atoms with E-state index in [2.05, 4.69) is 33.9 Å². The first-order chi connectivity index (χ1) is 29.8. The predicted octanol–water partition coefficient (Wildman–Crippen LogP) is 8.85. The summed E-state index contributed by atoms with van der Waals surface area (Å²) in [6, 6.07) is 25.4. The molecule has 1 N–H and O–H groups in total. The molecule has 0 saturated carbocycles. The van der Waals surface area contributed by atoms with Crippen LogP contribution in [0.3, 0.4) is 0 Å². The van der Waals surface area contributed by atoms with E-state index in [0.717, 1.165) is 74.3 Å². The van der Waals surface area contributed by atoms with Crippen molar-refractivity contribution in [1.82, 2.24) is 10.2 Å². The first kappa shape index (κ1) is 44.7. The highest BCUT2D eigenvalue weighted by Gasteiger charge is 2.15. The molecule has 14 nitrogen and oxygen atoms in total.